The molecule has 2 heterocycles. The number of benzene rings is 1. The molecule has 0 aliphatic rings. The average molecular weight is 346 g/mol. The van der Waals surface area contributed by atoms with Crippen LogP contribution in [-0.4, -0.2) is 10.8 Å². The second-order valence-corrected chi connectivity index (χ2v) is 6.52. The van der Waals surface area contributed by atoms with Crippen molar-refractivity contribution < 1.29 is 9.18 Å². The number of rotatable bonds is 4. The van der Waals surface area contributed by atoms with Gasteiger partial charge in [0.15, 0.2) is 0 Å². The summed E-state index contributed by atoms with van der Waals surface area (Å²) in [7, 11) is 0. The van der Waals surface area contributed by atoms with Crippen LogP contribution in [0.2, 0.25) is 5.02 Å². The minimum atomic E-state index is -0.523. The summed E-state index contributed by atoms with van der Waals surface area (Å²) < 4.78 is 12.9. The van der Waals surface area contributed by atoms with Gasteiger partial charge in [0.05, 0.1) is 9.90 Å². The standard InChI is InChI=1S/C18H13ClFNOS/c1-2-11-3-5-14(19)13(9-11)18(22)16-7-6-15(23-16)12-4-8-17(20)21-10-12/h3-10H,2H2,1H3. The van der Waals surface area contributed by atoms with E-state index < -0.39 is 5.95 Å². The van der Waals surface area contributed by atoms with E-state index in [1.54, 1.807) is 18.2 Å². The molecule has 0 radical (unpaired) electrons. The number of nitrogens with zero attached hydrogens (tertiary/aromatic N) is 1. The molecule has 0 bridgehead atoms. The lowest BCUT2D eigenvalue weighted by atomic mass is 10.0. The number of hydrogen-bond donors (Lipinski definition) is 0. The number of ketones is 1. The molecule has 116 valence electrons. The number of carbonyl (C=O) groups is 1. The number of aryl methyl sites for hydroxylation is 1. The minimum Gasteiger partial charge on any atom is -0.288 e. The van der Waals surface area contributed by atoms with Crippen molar-refractivity contribution in [3.8, 4) is 10.4 Å². The van der Waals surface area contributed by atoms with E-state index in [-0.39, 0.29) is 5.78 Å². The molecule has 0 amide bonds. The lowest BCUT2D eigenvalue weighted by Gasteiger charge is -2.04. The lowest BCUT2D eigenvalue weighted by molar-refractivity contribution is 0.104. The molecule has 0 spiro atoms. The molecule has 0 aliphatic carbocycles. The van der Waals surface area contributed by atoms with Gasteiger partial charge in [-0.25, -0.2) is 4.98 Å². The number of halogens is 2. The van der Waals surface area contributed by atoms with Crippen LogP contribution < -0.4 is 0 Å². The maximum absolute atomic E-state index is 12.9. The fourth-order valence-electron chi connectivity index (χ4n) is 2.24. The summed E-state index contributed by atoms with van der Waals surface area (Å²) >= 11 is 7.52. The van der Waals surface area contributed by atoms with Gasteiger partial charge in [-0.05, 0) is 48.4 Å². The molecule has 2 nitrogen and oxygen atoms in total. The van der Waals surface area contributed by atoms with Crippen molar-refractivity contribution in [3.05, 3.63) is 75.6 Å². The summed E-state index contributed by atoms with van der Waals surface area (Å²) in [4.78, 5) is 17.8. The topological polar surface area (TPSA) is 30.0 Å². The SMILES string of the molecule is CCc1ccc(Cl)c(C(=O)c2ccc(-c3ccc(F)nc3)s2)c1. The predicted molar refractivity (Wildman–Crippen MR) is 91.8 cm³/mol. The summed E-state index contributed by atoms with van der Waals surface area (Å²) in [5.41, 5.74) is 2.36. The molecular weight excluding hydrogens is 333 g/mol. The Morgan fingerprint density at radius 2 is 2.04 bits per heavy atom. The van der Waals surface area contributed by atoms with Crippen LogP contribution in [-0.2, 0) is 6.42 Å². The van der Waals surface area contributed by atoms with Crippen LogP contribution in [0.25, 0.3) is 10.4 Å². The highest BCUT2D eigenvalue weighted by Gasteiger charge is 2.16. The van der Waals surface area contributed by atoms with Gasteiger partial charge < -0.3 is 0 Å². The highest BCUT2D eigenvalue weighted by atomic mass is 35.5. The van der Waals surface area contributed by atoms with Gasteiger partial charge in [-0.2, -0.15) is 4.39 Å². The highest BCUT2D eigenvalue weighted by molar-refractivity contribution is 7.17. The Labute approximate surface area is 142 Å². The zero-order valence-electron chi connectivity index (χ0n) is 12.3. The highest BCUT2D eigenvalue weighted by Crippen LogP contribution is 2.30. The molecule has 0 unspecified atom stereocenters. The monoisotopic (exact) mass is 345 g/mol. The molecule has 2 aromatic heterocycles. The van der Waals surface area contributed by atoms with E-state index in [4.69, 9.17) is 11.6 Å². The number of thiophene rings is 1. The van der Waals surface area contributed by atoms with Gasteiger partial charge in [-0.15, -0.1) is 11.3 Å². The van der Waals surface area contributed by atoms with E-state index in [1.165, 1.54) is 23.6 Å². The third-order valence-electron chi connectivity index (χ3n) is 3.53. The zero-order valence-corrected chi connectivity index (χ0v) is 13.9. The van der Waals surface area contributed by atoms with Crippen molar-refractivity contribution >= 4 is 28.7 Å². The largest absolute Gasteiger partial charge is 0.288 e. The minimum absolute atomic E-state index is 0.100. The van der Waals surface area contributed by atoms with Crippen molar-refractivity contribution in [2.75, 3.05) is 0 Å². The van der Waals surface area contributed by atoms with Gasteiger partial charge in [-0.3, -0.25) is 4.79 Å². The van der Waals surface area contributed by atoms with Crippen molar-refractivity contribution in [1.82, 2.24) is 4.98 Å². The number of aromatic nitrogens is 1. The van der Waals surface area contributed by atoms with Crippen LogP contribution in [0.15, 0.2) is 48.7 Å². The fraction of sp³-hybridized carbons (Fsp3) is 0.111. The molecule has 0 aliphatic heterocycles. The molecule has 23 heavy (non-hydrogen) atoms. The maximum Gasteiger partial charge on any atom is 0.212 e. The zero-order chi connectivity index (χ0) is 16.4. The summed E-state index contributed by atoms with van der Waals surface area (Å²) in [5.74, 6) is -0.624. The van der Waals surface area contributed by atoms with E-state index in [0.29, 0.717) is 15.5 Å². The smallest absolute Gasteiger partial charge is 0.212 e. The molecule has 1 aromatic carbocycles. The Balaban J connectivity index is 1.94. The van der Waals surface area contributed by atoms with Crippen molar-refractivity contribution in [3.63, 3.8) is 0 Å². The van der Waals surface area contributed by atoms with Gasteiger partial charge in [0.2, 0.25) is 11.7 Å². The average Bonchev–Trinajstić information content (AvgIpc) is 3.05. The first-order valence-corrected chi connectivity index (χ1v) is 8.33. The van der Waals surface area contributed by atoms with Crippen LogP contribution >= 0.6 is 22.9 Å². The van der Waals surface area contributed by atoms with Crippen molar-refractivity contribution in [2.24, 2.45) is 0 Å². The van der Waals surface area contributed by atoms with Crippen LogP contribution in [0.1, 0.15) is 27.7 Å². The molecule has 0 fully saturated rings. The Hall–Kier alpha value is -2.04. The summed E-state index contributed by atoms with van der Waals surface area (Å²) in [6.07, 6.45) is 2.30. The summed E-state index contributed by atoms with van der Waals surface area (Å²) in [5, 5.41) is 0.450. The molecular formula is C18H13ClFNOS. The van der Waals surface area contributed by atoms with E-state index in [1.807, 2.05) is 25.1 Å². The maximum atomic E-state index is 12.9. The lowest BCUT2D eigenvalue weighted by Crippen LogP contribution is -2.00. The van der Waals surface area contributed by atoms with Crippen LogP contribution in [0.4, 0.5) is 4.39 Å². The third kappa shape index (κ3) is 3.33. The van der Waals surface area contributed by atoms with E-state index in [2.05, 4.69) is 4.98 Å². The Kier molecular flexibility index (Phi) is 4.55. The summed E-state index contributed by atoms with van der Waals surface area (Å²) in [6.45, 7) is 2.03. The van der Waals surface area contributed by atoms with E-state index >= 15 is 0 Å². The van der Waals surface area contributed by atoms with Crippen LogP contribution in [0.3, 0.4) is 0 Å². The first-order valence-electron chi connectivity index (χ1n) is 7.13. The van der Waals surface area contributed by atoms with Crippen molar-refractivity contribution in [1.29, 1.82) is 0 Å². The van der Waals surface area contributed by atoms with Gasteiger partial charge in [0, 0.05) is 22.2 Å². The Bertz CT molecular complexity index is 858. The van der Waals surface area contributed by atoms with E-state index in [9.17, 15) is 9.18 Å². The quantitative estimate of drug-likeness (QED) is 0.468. The predicted octanol–water partition coefficient (Wildman–Crippen LogP) is 5.40. The van der Waals surface area contributed by atoms with Gasteiger partial charge in [0.25, 0.3) is 0 Å². The van der Waals surface area contributed by atoms with E-state index in [0.717, 1.165) is 22.4 Å². The first kappa shape index (κ1) is 15.8. The van der Waals surface area contributed by atoms with Crippen molar-refractivity contribution in [2.45, 2.75) is 13.3 Å². The molecule has 0 saturated heterocycles. The number of carbonyl (C=O) groups excluding carboxylic acids is 1. The summed E-state index contributed by atoms with van der Waals surface area (Å²) in [6, 6.07) is 12.1. The first-order chi connectivity index (χ1) is 11.1. The normalized spacial score (nSPS) is 10.7. The van der Waals surface area contributed by atoms with Crippen LogP contribution in [0.5, 0.6) is 0 Å². The number of hydrogen-bond acceptors (Lipinski definition) is 3. The second-order valence-electron chi connectivity index (χ2n) is 5.03. The van der Waals surface area contributed by atoms with Gasteiger partial charge in [-0.1, -0.05) is 24.6 Å². The second kappa shape index (κ2) is 6.60. The van der Waals surface area contributed by atoms with Crippen LogP contribution in [0, 0.1) is 5.95 Å². The van der Waals surface area contributed by atoms with Gasteiger partial charge in [0.1, 0.15) is 0 Å². The molecule has 0 N–H and O–H groups in total. The fourth-order valence-corrected chi connectivity index (χ4v) is 3.39. The Morgan fingerprint density at radius 1 is 1.22 bits per heavy atom. The molecule has 3 rings (SSSR count). The van der Waals surface area contributed by atoms with Gasteiger partial charge >= 0.3 is 0 Å². The molecule has 0 saturated carbocycles. The Morgan fingerprint density at radius 3 is 2.74 bits per heavy atom. The molecule has 0 atom stereocenters. The number of pyridine rings is 1. The molecule has 3 aromatic rings. The molecule has 5 heteroatoms. The third-order valence-corrected chi connectivity index (χ3v) is 4.99.